The Morgan fingerprint density at radius 3 is 2.27 bits per heavy atom. The summed E-state index contributed by atoms with van der Waals surface area (Å²) >= 11 is 0. The maximum Gasteiger partial charge on any atom is 0.227 e. The van der Waals surface area contributed by atoms with Crippen molar-refractivity contribution in [3.8, 4) is 6.07 Å². The lowest BCUT2D eigenvalue weighted by molar-refractivity contribution is -0.135. The molecule has 1 aliphatic carbocycles. The Labute approximate surface area is 174 Å². The van der Waals surface area contributed by atoms with Gasteiger partial charge in [0.1, 0.15) is 17.7 Å². The molecule has 1 amide bonds. The lowest BCUT2D eigenvalue weighted by atomic mass is 10.0. The number of amides is 1. The molecular formula is C22H23F2N5O. The smallest absolute Gasteiger partial charge is 0.227 e. The molecule has 30 heavy (non-hydrogen) atoms. The molecular weight excluding hydrogens is 388 g/mol. The van der Waals surface area contributed by atoms with Gasteiger partial charge in [-0.1, -0.05) is 0 Å². The van der Waals surface area contributed by atoms with Crippen LogP contribution >= 0.6 is 0 Å². The summed E-state index contributed by atoms with van der Waals surface area (Å²) < 4.78 is 28.7. The molecule has 8 heteroatoms. The SMILES string of the molecule is C[C@@H]1CN(c2ccc(C#N)nn2)C[C@H](C)N1C(=O)Cc1cc(F)c(C2CC2)c(F)c1. The van der Waals surface area contributed by atoms with Gasteiger partial charge in [0, 0.05) is 30.7 Å². The third-order valence-corrected chi connectivity index (χ3v) is 5.78. The minimum Gasteiger partial charge on any atom is -0.351 e. The topological polar surface area (TPSA) is 73.1 Å². The summed E-state index contributed by atoms with van der Waals surface area (Å²) in [5, 5.41) is 16.8. The number of hydrogen-bond acceptors (Lipinski definition) is 5. The maximum absolute atomic E-state index is 14.3. The summed E-state index contributed by atoms with van der Waals surface area (Å²) in [6.45, 7) is 4.99. The molecule has 4 rings (SSSR count). The van der Waals surface area contributed by atoms with E-state index in [4.69, 9.17) is 5.26 Å². The first kappa shape index (κ1) is 20.2. The average Bonchev–Trinajstić information content (AvgIpc) is 3.52. The van der Waals surface area contributed by atoms with Crippen LogP contribution in [0.4, 0.5) is 14.6 Å². The Kier molecular flexibility index (Phi) is 5.37. The Balaban J connectivity index is 1.45. The quantitative estimate of drug-likeness (QED) is 0.773. The van der Waals surface area contributed by atoms with Crippen LogP contribution in [0.15, 0.2) is 24.3 Å². The molecule has 0 spiro atoms. The third kappa shape index (κ3) is 3.97. The summed E-state index contributed by atoms with van der Waals surface area (Å²) in [6.07, 6.45) is 1.59. The summed E-state index contributed by atoms with van der Waals surface area (Å²) in [7, 11) is 0. The van der Waals surface area contributed by atoms with Crippen LogP contribution in [-0.2, 0) is 11.2 Å². The molecule has 1 aromatic heterocycles. The van der Waals surface area contributed by atoms with Crippen LogP contribution in [-0.4, -0.2) is 46.2 Å². The molecule has 0 N–H and O–H groups in total. The molecule has 0 unspecified atom stereocenters. The highest BCUT2D eigenvalue weighted by Crippen LogP contribution is 2.42. The van der Waals surface area contributed by atoms with Gasteiger partial charge in [-0.3, -0.25) is 4.79 Å². The van der Waals surface area contributed by atoms with Crippen molar-refractivity contribution in [2.45, 2.75) is 51.1 Å². The maximum atomic E-state index is 14.3. The van der Waals surface area contributed by atoms with Gasteiger partial charge in [-0.25, -0.2) is 8.78 Å². The molecule has 2 aromatic rings. The molecule has 1 aromatic carbocycles. The fourth-order valence-corrected chi connectivity index (χ4v) is 4.32. The van der Waals surface area contributed by atoms with Gasteiger partial charge in [0.15, 0.2) is 11.5 Å². The number of aromatic nitrogens is 2. The van der Waals surface area contributed by atoms with Crippen LogP contribution in [0.5, 0.6) is 0 Å². The van der Waals surface area contributed by atoms with Crippen molar-refractivity contribution in [3.05, 3.63) is 52.7 Å². The first-order valence-corrected chi connectivity index (χ1v) is 10.1. The first-order chi connectivity index (χ1) is 14.4. The molecule has 1 aliphatic heterocycles. The van der Waals surface area contributed by atoms with E-state index >= 15 is 0 Å². The Bertz CT molecular complexity index is 965. The molecule has 6 nitrogen and oxygen atoms in total. The number of nitrogens with zero attached hydrogens (tertiary/aromatic N) is 5. The van der Waals surface area contributed by atoms with Crippen molar-refractivity contribution in [1.29, 1.82) is 5.26 Å². The second-order valence-corrected chi connectivity index (χ2v) is 8.22. The highest BCUT2D eigenvalue weighted by Gasteiger charge is 2.34. The zero-order chi connectivity index (χ0) is 21.4. The van der Waals surface area contributed by atoms with Crippen molar-refractivity contribution < 1.29 is 13.6 Å². The predicted octanol–water partition coefficient (Wildman–Crippen LogP) is 3.17. The van der Waals surface area contributed by atoms with E-state index in [2.05, 4.69) is 10.2 Å². The molecule has 2 heterocycles. The monoisotopic (exact) mass is 411 g/mol. The van der Waals surface area contributed by atoms with Crippen LogP contribution in [0, 0.1) is 23.0 Å². The van der Waals surface area contributed by atoms with Crippen LogP contribution in [0.3, 0.4) is 0 Å². The van der Waals surface area contributed by atoms with E-state index in [0.717, 1.165) is 12.8 Å². The second kappa shape index (κ2) is 7.98. The highest BCUT2D eigenvalue weighted by molar-refractivity contribution is 5.80. The second-order valence-electron chi connectivity index (χ2n) is 8.22. The van der Waals surface area contributed by atoms with E-state index in [1.807, 2.05) is 24.8 Å². The normalized spacial score (nSPS) is 21.4. The summed E-state index contributed by atoms with van der Waals surface area (Å²) in [6, 6.07) is 7.67. The van der Waals surface area contributed by atoms with Crippen LogP contribution in [0.2, 0.25) is 0 Å². The summed E-state index contributed by atoms with van der Waals surface area (Å²) in [4.78, 5) is 16.8. The van der Waals surface area contributed by atoms with E-state index in [1.165, 1.54) is 12.1 Å². The number of carbonyl (C=O) groups excluding carboxylic acids is 1. The van der Waals surface area contributed by atoms with Crippen molar-refractivity contribution in [1.82, 2.24) is 15.1 Å². The predicted molar refractivity (Wildman–Crippen MR) is 107 cm³/mol. The molecule has 1 saturated heterocycles. The standard InChI is InChI=1S/C22H23F2N5O/c1-13-11-28(20-6-5-17(10-25)26-27-20)12-14(2)29(13)21(30)9-15-7-18(23)22(16-3-4-16)19(24)8-15/h5-8,13-14,16H,3-4,9,11-12H2,1-2H3/t13-,14+. The minimum atomic E-state index is -0.550. The number of nitriles is 1. The van der Waals surface area contributed by atoms with Gasteiger partial charge in [-0.15, -0.1) is 10.2 Å². The Morgan fingerprint density at radius 2 is 1.77 bits per heavy atom. The number of piperazine rings is 1. The molecule has 2 aliphatic rings. The molecule has 156 valence electrons. The first-order valence-electron chi connectivity index (χ1n) is 10.1. The van der Waals surface area contributed by atoms with Crippen molar-refractivity contribution in [3.63, 3.8) is 0 Å². The lowest BCUT2D eigenvalue weighted by Crippen LogP contribution is -2.59. The number of halogens is 2. The molecule has 0 radical (unpaired) electrons. The molecule has 0 bridgehead atoms. The Hall–Kier alpha value is -3.08. The Morgan fingerprint density at radius 1 is 1.13 bits per heavy atom. The molecule has 1 saturated carbocycles. The summed E-state index contributed by atoms with van der Waals surface area (Å²) in [5.74, 6) is -0.623. The van der Waals surface area contributed by atoms with Gasteiger partial charge >= 0.3 is 0 Å². The van der Waals surface area contributed by atoms with Crippen LogP contribution < -0.4 is 4.90 Å². The molecule has 2 fully saturated rings. The largest absolute Gasteiger partial charge is 0.351 e. The third-order valence-electron chi connectivity index (χ3n) is 5.78. The number of carbonyl (C=O) groups is 1. The average molecular weight is 411 g/mol. The van der Waals surface area contributed by atoms with E-state index in [9.17, 15) is 13.6 Å². The van der Waals surface area contributed by atoms with Gasteiger partial charge in [-0.05, 0) is 62.4 Å². The number of hydrogen-bond donors (Lipinski definition) is 0. The summed E-state index contributed by atoms with van der Waals surface area (Å²) in [5.41, 5.74) is 0.769. The number of anilines is 1. The van der Waals surface area contributed by atoms with Gasteiger partial charge in [-0.2, -0.15) is 5.26 Å². The lowest BCUT2D eigenvalue weighted by Gasteiger charge is -2.44. The van der Waals surface area contributed by atoms with E-state index in [0.29, 0.717) is 24.5 Å². The van der Waals surface area contributed by atoms with E-state index in [-0.39, 0.29) is 41.6 Å². The fraction of sp³-hybridized carbons (Fsp3) is 0.455. The van der Waals surface area contributed by atoms with Crippen molar-refractivity contribution in [2.24, 2.45) is 0 Å². The molecule has 2 atom stereocenters. The van der Waals surface area contributed by atoms with E-state index < -0.39 is 11.6 Å². The van der Waals surface area contributed by atoms with Gasteiger partial charge < -0.3 is 9.80 Å². The fourth-order valence-electron chi connectivity index (χ4n) is 4.32. The van der Waals surface area contributed by atoms with Crippen molar-refractivity contribution in [2.75, 3.05) is 18.0 Å². The zero-order valence-electron chi connectivity index (χ0n) is 17.0. The van der Waals surface area contributed by atoms with Gasteiger partial charge in [0.2, 0.25) is 5.91 Å². The number of rotatable bonds is 4. The minimum absolute atomic E-state index is 0.0202. The highest BCUT2D eigenvalue weighted by atomic mass is 19.1. The van der Waals surface area contributed by atoms with E-state index in [1.54, 1.807) is 17.0 Å². The van der Waals surface area contributed by atoms with Gasteiger partial charge in [0.05, 0.1) is 6.42 Å². The van der Waals surface area contributed by atoms with Gasteiger partial charge in [0.25, 0.3) is 0 Å². The van der Waals surface area contributed by atoms with Crippen molar-refractivity contribution >= 4 is 11.7 Å². The van der Waals surface area contributed by atoms with Crippen LogP contribution in [0.25, 0.3) is 0 Å². The number of benzene rings is 1. The van der Waals surface area contributed by atoms with Crippen LogP contribution in [0.1, 0.15) is 49.4 Å². The zero-order valence-corrected chi connectivity index (χ0v) is 17.0.